The van der Waals surface area contributed by atoms with E-state index in [1.807, 2.05) is 0 Å². The Morgan fingerprint density at radius 3 is 1.42 bits per heavy atom. The van der Waals surface area contributed by atoms with E-state index in [0.717, 1.165) is 0 Å². The minimum atomic E-state index is 0.634. The molecule has 0 saturated carbocycles. The molecule has 0 spiro atoms. The van der Waals surface area contributed by atoms with Gasteiger partial charge >= 0.3 is 0 Å². The van der Waals surface area contributed by atoms with Gasteiger partial charge in [0.1, 0.15) is 0 Å². The lowest BCUT2D eigenvalue weighted by molar-refractivity contribution is 0.556. The molecule has 0 heteroatoms. The van der Waals surface area contributed by atoms with Gasteiger partial charge in [-0.15, -0.1) is 0 Å². The molecule has 0 fully saturated rings. The summed E-state index contributed by atoms with van der Waals surface area (Å²) >= 11 is 0. The van der Waals surface area contributed by atoms with Gasteiger partial charge in [-0.2, -0.15) is 0 Å². The Balaban J connectivity index is 2.25. The van der Waals surface area contributed by atoms with Crippen molar-refractivity contribution in [2.45, 2.75) is 117 Å². The summed E-state index contributed by atoms with van der Waals surface area (Å²) in [7, 11) is 0. The Bertz CT molecular complexity index is 401. The van der Waals surface area contributed by atoms with Crippen LogP contribution in [0, 0.1) is 0 Å². The first-order valence-electron chi connectivity index (χ1n) is 10.7. The maximum absolute atomic E-state index is 2.45. The van der Waals surface area contributed by atoms with Crippen LogP contribution in [0.25, 0.3) is 0 Å². The second-order valence-electron chi connectivity index (χ2n) is 8.25. The molecular weight excluding hydrogens is 288 g/mol. The fourth-order valence-corrected chi connectivity index (χ4v) is 3.37. The molecule has 0 saturated heterocycles. The Labute approximate surface area is 152 Å². The summed E-state index contributed by atoms with van der Waals surface area (Å²) in [4.78, 5) is 0. The first-order chi connectivity index (χ1) is 11.5. The van der Waals surface area contributed by atoms with Crippen LogP contribution in [0.2, 0.25) is 0 Å². The quantitative estimate of drug-likeness (QED) is 0.318. The van der Waals surface area contributed by atoms with E-state index in [1.54, 1.807) is 5.56 Å². The molecular formula is C24H42. The average Bonchev–Trinajstić information content (AvgIpc) is 2.56. The lowest BCUT2D eigenvalue weighted by atomic mass is 9.91. The molecule has 0 aliphatic carbocycles. The van der Waals surface area contributed by atoms with Crippen LogP contribution < -0.4 is 0 Å². The maximum atomic E-state index is 2.45. The normalized spacial score (nSPS) is 11.6. The van der Waals surface area contributed by atoms with Crippen LogP contribution in [0.1, 0.15) is 127 Å². The Kier molecular flexibility index (Phi) is 11.1. The largest absolute Gasteiger partial charge is 0.0654 e. The fraction of sp³-hybridized carbons (Fsp3) is 0.750. The van der Waals surface area contributed by atoms with Crippen LogP contribution in [0.3, 0.4) is 0 Å². The van der Waals surface area contributed by atoms with E-state index in [4.69, 9.17) is 0 Å². The molecule has 24 heavy (non-hydrogen) atoms. The van der Waals surface area contributed by atoms with Crippen LogP contribution in [0.15, 0.2) is 18.2 Å². The highest BCUT2D eigenvalue weighted by atomic mass is 14.1. The lowest BCUT2D eigenvalue weighted by Crippen LogP contribution is -1.97. The summed E-state index contributed by atoms with van der Waals surface area (Å²) in [5.41, 5.74) is 4.59. The van der Waals surface area contributed by atoms with E-state index in [9.17, 15) is 0 Å². The predicted molar refractivity (Wildman–Crippen MR) is 110 cm³/mol. The third kappa shape index (κ3) is 8.90. The predicted octanol–water partition coefficient (Wildman–Crippen LogP) is 8.40. The topological polar surface area (TPSA) is 0 Å². The smallest absolute Gasteiger partial charge is 0.0219 e. The zero-order chi connectivity index (χ0) is 17.8. The number of benzene rings is 1. The number of unbranched alkanes of at least 4 members (excludes halogenated alkanes) is 9. The first kappa shape index (κ1) is 21.3. The van der Waals surface area contributed by atoms with Crippen LogP contribution in [0.5, 0.6) is 0 Å². The number of hydrogen-bond donors (Lipinski definition) is 0. The summed E-state index contributed by atoms with van der Waals surface area (Å²) in [5.74, 6) is 1.27. The number of rotatable bonds is 13. The van der Waals surface area contributed by atoms with Crippen molar-refractivity contribution in [1.29, 1.82) is 0 Å². The van der Waals surface area contributed by atoms with Crippen LogP contribution in [-0.2, 0) is 6.42 Å². The second-order valence-corrected chi connectivity index (χ2v) is 8.25. The van der Waals surface area contributed by atoms with Crippen LogP contribution >= 0.6 is 0 Å². The van der Waals surface area contributed by atoms with E-state index in [-0.39, 0.29) is 0 Å². The molecule has 1 aromatic carbocycles. The van der Waals surface area contributed by atoms with Gasteiger partial charge < -0.3 is 0 Å². The second kappa shape index (κ2) is 12.6. The highest BCUT2D eigenvalue weighted by Gasteiger charge is 2.07. The van der Waals surface area contributed by atoms with Gasteiger partial charge in [0.2, 0.25) is 0 Å². The molecule has 0 heterocycles. The van der Waals surface area contributed by atoms with E-state index in [0.29, 0.717) is 11.8 Å². The van der Waals surface area contributed by atoms with Crippen LogP contribution in [0.4, 0.5) is 0 Å². The van der Waals surface area contributed by atoms with E-state index in [2.05, 4.69) is 52.8 Å². The third-order valence-corrected chi connectivity index (χ3v) is 5.19. The first-order valence-corrected chi connectivity index (χ1v) is 10.7. The van der Waals surface area contributed by atoms with Crippen molar-refractivity contribution in [1.82, 2.24) is 0 Å². The van der Waals surface area contributed by atoms with Crippen molar-refractivity contribution in [3.05, 3.63) is 34.9 Å². The summed E-state index contributed by atoms with van der Waals surface area (Å²) in [6, 6.07) is 7.31. The molecule has 0 amide bonds. The molecule has 1 rings (SSSR count). The molecule has 138 valence electrons. The van der Waals surface area contributed by atoms with E-state index < -0.39 is 0 Å². The number of aryl methyl sites for hydroxylation is 1. The lowest BCUT2D eigenvalue weighted by Gasteiger charge is -2.14. The summed E-state index contributed by atoms with van der Waals surface area (Å²) in [5, 5.41) is 0. The molecule has 1 aromatic rings. The van der Waals surface area contributed by atoms with Crippen molar-refractivity contribution in [2.75, 3.05) is 0 Å². The molecule has 0 aliphatic heterocycles. The zero-order valence-electron chi connectivity index (χ0n) is 17.2. The van der Waals surface area contributed by atoms with Crippen molar-refractivity contribution in [2.24, 2.45) is 0 Å². The minimum Gasteiger partial charge on any atom is -0.0654 e. The van der Waals surface area contributed by atoms with Gasteiger partial charge in [-0.25, -0.2) is 0 Å². The average molecular weight is 331 g/mol. The fourth-order valence-electron chi connectivity index (χ4n) is 3.37. The number of hydrogen-bond acceptors (Lipinski definition) is 0. The summed E-state index contributed by atoms with van der Waals surface area (Å²) in [6.07, 6.45) is 15.5. The monoisotopic (exact) mass is 330 g/mol. The van der Waals surface area contributed by atoms with Gasteiger partial charge in [-0.3, -0.25) is 0 Å². The summed E-state index contributed by atoms with van der Waals surface area (Å²) < 4.78 is 0. The SMILES string of the molecule is CCCCCCCCCCCCc1cc(C(C)C)cc(C(C)C)c1. The van der Waals surface area contributed by atoms with Crippen molar-refractivity contribution in [3.63, 3.8) is 0 Å². The van der Waals surface area contributed by atoms with Gasteiger partial charge in [0.25, 0.3) is 0 Å². The van der Waals surface area contributed by atoms with Gasteiger partial charge in [0.15, 0.2) is 0 Å². The van der Waals surface area contributed by atoms with Crippen LogP contribution in [-0.4, -0.2) is 0 Å². The highest BCUT2D eigenvalue weighted by molar-refractivity contribution is 5.33. The molecule has 0 unspecified atom stereocenters. The van der Waals surface area contributed by atoms with E-state index in [1.165, 1.54) is 81.8 Å². The highest BCUT2D eigenvalue weighted by Crippen LogP contribution is 2.24. The van der Waals surface area contributed by atoms with Gasteiger partial charge in [-0.05, 0) is 41.4 Å². The van der Waals surface area contributed by atoms with Crippen molar-refractivity contribution in [3.8, 4) is 0 Å². The molecule has 0 nitrogen and oxygen atoms in total. The Morgan fingerprint density at radius 2 is 1.00 bits per heavy atom. The Hall–Kier alpha value is -0.780. The van der Waals surface area contributed by atoms with Crippen molar-refractivity contribution >= 4 is 0 Å². The molecule has 0 radical (unpaired) electrons. The molecule has 0 aromatic heterocycles. The zero-order valence-corrected chi connectivity index (χ0v) is 17.2. The Morgan fingerprint density at radius 1 is 0.583 bits per heavy atom. The third-order valence-electron chi connectivity index (χ3n) is 5.19. The van der Waals surface area contributed by atoms with Gasteiger partial charge in [-0.1, -0.05) is 111 Å². The molecule has 0 aliphatic rings. The van der Waals surface area contributed by atoms with Crippen molar-refractivity contribution < 1.29 is 0 Å². The standard InChI is InChI=1S/C24H42/c1-6-7-8-9-10-11-12-13-14-15-16-22-17-23(20(2)3)19-24(18-22)21(4)5/h17-21H,6-16H2,1-5H3. The van der Waals surface area contributed by atoms with Gasteiger partial charge in [0.05, 0.1) is 0 Å². The molecule has 0 N–H and O–H groups in total. The maximum Gasteiger partial charge on any atom is -0.0219 e. The molecule has 0 bridgehead atoms. The summed E-state index contributed by atoms with van der Waals surface area (Å²) in [6.45, 7) is 11.5. The molecule has 0 atom stereocenters. The van der Waals surface area contributed by atoms with Gasteiger partial charge in [0, 0.05) is 0 Å². The minimum absolute atomic E-state index is 0.634. The van der Waals surface area contributed by atoms with E-state index >= 15 is 0 Å².